The van der Waals surface area contributed by atoms with Crippen molar-refractivity contribution in [3.8, 4) is 0 Å². The van der Waals surface area contributed by atoms with Crippen LogP contribution in [-0.4, -0.2) is 16.9 Å². The van der Waals surface area contributed by atoms with Gasteiger partial charge >= 0.3 is 5.97 Å². The summed E-state index contributed by atoms with van der Waals surface area (Å²) in [7, 11) is 0. The van der Waals surface area contributed by atoms with Crippen LogP contribution < -0.4 is 0 Å². The number of fused-ring (bicyclic) bond motifs is 1. The normalized spacial score (nSPS) is 13.5. The quantitative estimate of drug-likeness (QED) is 0.703. The number of aliphatic carboxylic acids is 1. The van der Waals surface area contributed by atoms with Gasteiger partial charge in [-0.3, -0.25) is 9.59 Å². The molecule has 0 atom stereocenters. The predicted octanol–water partition coefficient (Wildman–Crippen LogP) is 1.18. The second kappa shape index (κ2) is 2.69. The van der Waals surface area contributed by atoms with E-state index in [0.717, 1.165) is 11.1 Å². The van der Waals surface area contributed by atoms with Crippen LogP contribution in [0, 0.1) is 0 Å². The van der Waals surface area contributed by atoms with E-state index in [1.165, 1.54) is 0 Å². The van der Waals surface area contributed by atoms with Gasteiger partial charge in [0.1, 0.15) is 6.42 Å². The zero-order valence-corrected chi connectivity index (χ0v) is 6.86. The Bertz CT molecular complexity index is 359. The van der Waals surface area contributed by atoms with E-state index in [1.54, 1.807) is 0 Å². The van der Waals surface area contributed by atoms with Crippen LogP contribution in [0.15, 0.2) is 24.3 Å². The lowest BCUT2D eigenvalue weighted by Crippen LogP contribution is -2.07. The first-order valence-electron chi connectivity index (χ1n) is 4.03. The molecule has 0 radical (unpaired) electrons. The number of hydrogen-bond donors (Lipinski definition) is 1. The third-order valence-corrected chi connectivity index (χ3v) is 2.18. The molecule has 0 unspecified atom stereocenters. The van der Waals surface area contributed by atoms with Gasteiger partial charge in [0.15, 0.2) is 5.78 Å². The largest absolute Gasteiger partial charge is 0.481 e. The molecule has 66 valence electrons. The van der Waals surface area contributed by atoms with Crippen molar-refractivity contribution in [3.05, 3.63) is 35.4 Å². The molecule has 1 aliphatic carbocycles. The summed E-state index contributed by atoms with van der Waals surface area (Å²) in [5.74, 6) is -1.50. The molecule has 0 saturated carbocycles. The minimum Gasteiger partial charge on any atom is -0.481 e. The number of carboxylic acid groups (broad SMARTS) is 1. The summed E-state index contributed by atoms with van der Waals surface area (Å²) in [4.78, 5) is 21.6. The van der Waals surface area contributed by atoms with Gasteiger partial charge in [-0.25, -0.2) is 0 Å². The second-order valence-corrected chi connectivity index (χ2v) is 3.10. The van der Waals surface area contributed by atoms with Crippen LogP contribution in [0.2, 0.25) is 0 Å². The maximum Gasteiger partial charge on any atom is 0.310 e. The Balaban J connectivity index is 2.09. The smallest absolute Gasteiger partial charge is 0.310 e. The van der Waals surface area contributed by atoms with Crippen LogP contribution in [0.25, 0.3) is 0 Å². The molecule has 2 rings (SSSR count). The monoisotopic (exact) mass is 176 g/mol. The van der Waals surface area contributed by atoms with Gasteiger partial charge in [-0.2, -0.15) is 0 Å². The topological polar surface area (TPSA) is 54.4 Å². The molecule has 13 heavy (non-hydrogen) atoms. The Labute approximate surface area is 75.0 Å². The third kappa shape index (κ3) is 1.33. The molecule has 1 aromatic rings. The van der Waals surface area contributed by atoms with Crippen LogP contribution in [0.3, 0.4) is 0 Å². The van der Waals surface area contributed by atoms with Crippen LogP contribution in [0.4, 0.5) is 0 Å². The highest BCUT2D eigenvalue weighted by atomic mass is 16.4. The highest BCUT2D eigenvalue weighted by molar-refractivity contribution is 6.04. The van der Waals surface area contributed by atoms with E-state index < -0.39 is 5.97 Å². The van der Waals surface area contributed by atoms with E-state index >= 15 is 0 Å². The van der Waals surface area contributed by atoms with Crippen LogP contribution in [-0.2, 0) is 9.59 Å². The van der Waals surface area contributed by atoms with Gasteiger partial charge in [0.05, 0.1) is 5.92 Å². The molecule has 0 aromatic heterocycles. The molecule has 0 aliphatic heterocycles. The number of carbonyl (C=O) groups is 2. The van der Waals surface area contributed by atoms with Gasteiger partial charge in [-0.05, 0) is 11.1 Å². The van der Waals surface area contributed by atoms with E-state index in [1.807, 2.05) is 24.3 Å². The molecule has 0 heterocycles. The predicted molar refractivity (Wildman–Crippen MR) is 45.5 cm³/mol. The Morgan fingerprint density at radius 1 is 1.23 bits per heavy atom. The second-order valence-electron chi connectivity index (χ2n) is 3.10. The molecule has 1 aromatic carbocycles. The highest BCUT2D eigenvalue weighted by Crippen LogP contribution is 2.43. The van der Waals surface area contributed by atoms with Gasteiger partial charge in [0.2, 0.25) is 0 Å². The van der Waals surface area contributed by atoms with Gasteiger partial charge < -0.3 is 5.11 Å². The highest BCUT2D eigenvalue weighted by Gasteiger charge is 2.38. The van der Waals surface area contributed by atoms with E-state index in [2.05, 4.69) is 0 Å². The average molecular weight is 176 g/mol. The third-order valence-electron chi connectivity index (χ3n) is 2.18. The Hall–Kier alpha value is -1.64. The average Bonchev–Trinajstić information content (AvgIpc) is 2.76. The molecule has 1 N–H and O–H groups in total. The first-order chi connectivity index (χ1) is 6.20. The molecular formula is C10H8O3. The minimum absolute atomic E-state index is 0.214. The summed E-state index contributed by atoms with van der Waals surface area (Å²) in [5.41, 5.74) is 1.96. The standard InChI is InChI=1S/C10H8O3/c11-8(5-9(12)13)10-6-3-1-2-4-7(6)10/h1-4,10H,5H2,(H,12,13). The van der Waals surface area contributed by atoms with Gasteiger partial charge in [-0.1, -0.05) is 24.3 Å². The van der Waals surface area contributed by atoms with Crippen molar-refractivity contribution in [3.63, 3.8) is 0 Å². The molecule has 1 aliphatic rings. The van der Waals surface area contributed by atoms with Crippen molar-refractivity contribution >= 4 is 11.8 Å². The van der Waals surface area contributed by atoms with Crippen LogP contribution in [0.5, 0.6) is 0 Å². The summed E-state index contributed by atoms with van der Waals surface area (Å²) >= 11 is 0. The number of rotatable bonds is 3. The van der Waals surface area contributed by atoms with Crippen molar-refractivity contribution in [2.45, 2.75) is 12.3 Å². The zero-order valence-electron chi connectivity index (χ0n) is 6.86. The Morgan fingerprint density at radius 2 is 1.77 bits per heavy atom. The summed E-state index contributed by atoms with van der Waals surface area (Å²) in [5, 5.41) is 8.42. The first kappa shape index (κ1) is 7.98. The van der Waals surface area contributed by atoms with Crippen molar-refractivity contribution in [2.24, 2.45) is 0 Å². The van der Waals surface area contributed by atoms with Crippen molar-refractivity contribution in [1.29, 1.82) is 0 Å². The summed E-state index contributed by atoms with van der Waals surface area (Å²) in [6.07, 6.45) is -0.376. The molecular weight excluding hydrogens is 168 g/mol. The van der Waals surface area contributed by atoms with Gasteiger partial charge in [-0.15, -0.1) is 0 Å². The van der Waals surface area contributed by atoms with E-state index in [4.69, 9.17) is 5.11 Å². The maximum absolute atomic E-state index is 11.3. The van der Waals surface area contributed by atoms with Crippen molar-refractivity contribution in [2.75, 3.05) is 0 Å². The lowest BCUT2D eigenvalue weighted by Gasteiger charge is -1.91. The lowest BCUT2D eigenvalue weighted by atomic mass is 10.1. The van der Waals surface area contributed by atoms with E-state index in [-0.39, 0.29) is 18.1 Å². The summed E-state index contributed by atoms with van der Waals surface area (Å²) in [6, 6.07) is 7.43. The first-order valence-corrected chi connectivity index (χ1v) is 4.03. The van der Waals surface area contributed by atoms with Crippen molar-refractivity contribution < 1.29 is 14.7 Å². The molecule has 0 saturated heterocycles. The Morgan fingerprint density at radius 3 is 2.23 bits per heavy atom. The summed E-state index contributed by atoms with van der Waals surface area (Å²) < 4.78 is 0. The molecule has 0 bridgehead atoms. The lowest BCUT2D eigenvalue weighted by molar-refractivity contribution is -0.140. The zero-order chi connectivity index (χ0) is 9.42. The summed E-state index contributed by atoms with van der Waals surface area (Å²) in [6.45, 7) is 0. The number of carboxylic acids is 1. The number of Topliss-reactive ketones (excluding diaryl/α,β-unsaturated/α-hetero) is 1. The van der Waals surface area contributed by atoms with E-state index in [0.29, 0.717) is 0 Å². The minimum atomic E-state index is -1.05. The van der Waals surface area contributed by atoms with Crippen LogP contribution in [0.1, 0.15) is 23.5 Å². The van der Waals surface area contributed by atoms with Gasteiger partial charge in [0.25, 0.3) is 0 Å². The molecule has 0 fully saturated rings. The Kier molecular flexibility index (Phi) is 1.65. The fraction of sp³-hybridized carbons (Fsp3) is 0.200. The van der Waals surface area contributed by atoms with E-state index in [9.17, 15) is 9.59 Å². The number of carbonyl (C=O) groups excluding carboxylic acids is 1. The molecule has 0 spiro atoms. The van der Waals surface area contributed by atoms with Gasteiger partial charge in [0, 0.05) is 0 Å². The SMILES string of the molecule is O=C(O)CC(=O)C1c2ccccc21. The number of hydrogen-bond acceptors (Lipinski definition) is 2. The van der Waals surface area contributed by atoms with Crippen LogP contribution >= 0.6 is 0 Å². The molecule has 0 amide bonds. The van der Waals surface area contributed by atoms with Crippen molar-refractivity contribution in [1.82, 2.24) is 0 Å². The fourth-order valence-electron chi connectivity index (χ4n) is 1.56. The fourth-order valence-corrected chi connectivity index (χ4v) is 1.56. The maximum atomic E-state index is 11.3. The molecule has 3 heteroatoms. The number of ketones is 1. The number of benzene rings is 1. The molecule has 3 nitrogen and oxygen atoms in total.